The van der Waals surface area contributed by atoms with E-state index >= 15 is 0 Å². The summed E-state index contributed by atoms with van der Waals surface area (Å²) in [4.78, 5) is 26.9. The Hall–Kier alpha value is -1.14. The number of aliphatic hydroxyl groups excluding tert-OH is 1. The van der Waals surface area contributed by atoms with Crippen LogP contribution in [0.15, 0.2) is 0 Å². The molecule has 1 rings (SSSR count). The predicted molar refractivity (Wildman–Crippen MR) is 77.2 cm³/mol. The summed E-state index contributed by atoms with van der Waals surface area (Å²) >= 11 is 0. The monoisotopic (exact) mass is 285 g/mol. The minimum absolute atomic E-state index is 0.0288. The third-order valence-corrected chi connectivity index (χ3v) is 3.26. The normalized spacial score (nSPS) is 18.9. The van der Waals surface area contributed by atoms with Crippen LogP contribution in [0.1, 0.15) is 34.6 Å². The minimum atomic E-state index is -0.670. The Morgan fingerprint density at radius 1 is 1.20 bits per heavy atom. The number of hydrogen-bond acceptors (Lipinski definition) is 4. The fourth-order valence-electron chi connectivity index (χ4n) is 2.10. The summed E-state index contributed by atoms with van der Waals surface area (Å²) in [6.07, 6.45) is -0.670. The highest BCUT2D eigenvalue weighted by Gasteiger charge is 2.34. The molecule has 1 aliphatic heterocycles. The van der Waals surface area contributed by atoms with E-state index in [1.807, 2.05) is 34.6 Å². The van der Waals surface area contributed by atoms with Crippen LogP contribution in [0, 0.1) is 0 Å². The van der Waals surface area contributed by atoms with Gasteiger partial charge >= 0.3 is 11.8 Å². The van der Waals surface area contributed by atoms with Gasteiger partial charge in [-0.05, 0) is 34.6 Å². The Balaban J connectivity index is 2.50. The molecule has 1 aliphatic rings. The third kappa shape index (κ3) is 4.76. The first-order chi connectivity index (χ1) is 9.11. The number of piperazine rings is 1. The Labute approximate surface area is 121 Å². The zero-order valence-electron chi connectivity index (χ0n) is 13.1. The Bertz CT molecular complexity index is 363. The summed E-state index contributed by atoms with van der Waals surface area (Å²) in [5.41, 5.74) is -0.0862. The third-order valence-electron chi connectivity index (χ3n) is 3.26. The first-order valence-electron chi connectivity index (χ1n) is 7.15. The molecule has 2 amide bonds. The zero-order valence-corrected chi connectivity index (χ0v) is 13.1. The van der Waals surface area contributed by atoms with Crippen molar-refractivity contribution in [1.82, 2.24) is 15.1 Å². The molecule has 6 heteroatoms. The summed E-state index contributed by atoms with van der Waals surface area (Å²) in [5, 5.41) is 13.1. The van der Waals surface area contributed by atoms with Crippen LogP contribution in [0.4, 0.5) is 0 Å². The second-order valence-corrected chi connectivity index (χ2v) is 6.63. The lowest BCUT2D eigenvalue weighted by Crippen LogP contribution is -2.58. The van der Waals surface area contributed by atoms with Crippen molar-refractivity contribution in [3.8, 4) is 0 Å². The van der Waals surface area contributed by atoms with Crippen molar-refractivity contribution < 1.29 is 14.7 Å². The van der Waals surface area contributed by atoms with Gasteiger partial charge in [0.2, 0.25) is 0 Å². The molecule has 1 heterocycles. The highest BCUT2D eigenvalue weighted by molar-refractivity contribution is 6.35. The van der Waals surface area contributed by atoms with Crippen molar-refractivity contribution in [2.75, 3.05) is 26.2 Å². The summed E-state index contributed by atoms with van der Waals surface area (Å²) < 4.78 is 0. The fraction of sp³-hybridized carbons (Fsp3) is 0.857. The van der Waals surface area contributed by atoms with Gasteiger partial charge in [-0.25, -0.2) is 0 Å². The Morgan fingerprint density at radius 2 is 1.80 bits per heavy atom. The predicted octanol–water partition coefficient (Wildman–Crippen LogP) is -0.185. The number of amides is 2. The molecule has 0 aliphatic carbocycles. The van der Waals surface area contributed by atoms with E-state index in [2.05, 4.69) is 5.32 Å². The van der Waals surface area contributed by atoms with Gasteiger partial charge < -0.3 is 20.2 Å². The molecular weight excluding hydrogens is 258 g/mol. The van der Waals surface area contributed by atoms with Crippen molar-refractivity contribution in [2.45, 2.75) is 52.3 Å². The highest BCUT2D eigenvalue weighted by Crippen LogP contribution is 2.09. The standard InChI is InChI=1S/C14H27N3O3/c1-10(2)17-7-6-16(12(19)13(17)20)9-11(18)8-15-14(3,4)5/h10-11,15,18H,6-9H2,1-5H3. The first kappa shape index (κ1) is 16.9. The molecule has 0 bridgehead atoms. The van der Waals surface area contributed by atoms with Crippen LogP contribution >= 0.6 is 0 Å². The number of nitrogens with zero attached hydrogens (tertiary/aromatic N) is 2. The molecule has 1 fully saturated rings. The molecule has 0 radical (unpaired) electrons. The van der Waals surface area contributed by atoms with E-state index < -0.39 is 17.9 Å². The fourth-order valence-corrected chi connectivity index (χ4v) is 2.10. The van der Waals surface area contributed by atoms with Crippen LogP contribution in [0.3, 0.4) is 0 Å². The number of carbonyl (C=O) groups is 2. The van der Waals surface area contributed by atoms with Crippen molar-refractivity contribution in [2.24, 2.45) is 0 Å². The lowest BCUT2D eigenvalue weighted by molar-refractivity contribution is -0.158. The number of carbonyl (C=O) groups excluding carboxylic acids is 2. The average molecular weight is 285 g/mol. The van der Waals surface area contributed by atoms with Gasteiger partial charge in [-0.3, -0.25) is 9.59 Å². The summed E-state index contributed by atoms with van der Waals surface area (Å²) in [7, 11) is 0. The first-order valence-corrected chi connectivity index (χ1v) is 7.15. The van der Waals surface area contributed by atoms with E-state index in [-0.39, 0.29) is 18.1 Å². The molecule has 6 nitrogen and oxygen atoms in total. The van der Waals surface area contributed by atoms with Crippen LogP contribution in [0.5, 0.6) is 0 Å². The van der Waals surface area contributed by atoms with Crippen LogP contribution in [0.2, 0.25) is 0 Å². The van der Waals surface area contributed by atoms with Crippen molar-refractivity contribution >= 4 is 11.8 Å². The quantitative estimate of drug-likeness (QED) is 0.687. The molecular formula is C14H27N3O3. The van der Waals surface area contributed by atoms with Gasteiger partial charge in [0.15, 0.2) is 0 Å². The number of rotatable bonds is 5. The van der Waals surface area contributed by atoms with Crippen LogP contribution in [0.25, 0.3) is 0 Å². The molecule has 1 unspecified atom stereocenters. The largest absolute Gasteiger partial charge is 0.390 e. The number of aliphatic hydroxyl groups is 1. The highest BCUT2D eigenvalue weighted by atomic mass is 16.3. The van der Waals surface area contributed by atoms with Crippen molar-refractivity contribution in [3.63, 3.8) is 0 Å². The van der Waals surface area contributed by atoms with E-state index in [0.717, 1.165) is 0 Å². The van der Waals surface area contributed by atoms with Crippen LogP contribution in [-0.4, -0.2) is 70.6 Å². The summed E-state index contributed by atoms with van der Waals surface area (Å²) in [6, 6.07) is 0.0288. The number of hydrogen-bond donors (Lipinski definition) is 2. The minimum Gasteiger partial charge on any atom is -0.390 e. The number of β-amino-alcohol motifs (C(OH)–C–C–N with tert-alkyl or cyclic N) is 1. The average Bonchev–Trinajstić information content (AvgIpc) is 2.31. The van der Waals surface area contributed by atoms with Crippen LogP contribution < -0.4 is 5.32 Å². The van der Waals surface area contributed by atoms with Gasteiger partial charge in [0.25, 0.3) is 0 Å². The molecule has 116 valence electrons. The van der Waals surface area contributed by atoms with Crippen molar-refractivity contribution in [1.29, 1.82) is 0 Å². The topological polar surface area (TPSA) is 72.9 Å². The summed E-state index contributed by atoms with van der Waals surface area (Å²) in [6.45, 7) is 11.4. The molecule has 0 aromatic rings. The van der Waals surface area contributed by atoms with E-state index in [1.165, 1.54) is 4.90 Å². The second-order valence-electron chi connectivity index (χ2n) is 6.63. The maximum absolute atomic E-state index is 12.0. The Kier molecular flexibility index (Phi) is 5.53. The van der Waals surface area contributed by atoms with Gasteiger partial charge in [-0.1, -0.05) is 0 Å². The van der Waals surface area contributed by atoms with Crippen molar-refractivity contribution in [3.05, 3.63) is 0 Å². The Morgan fingerprint density at radius 3 is 2.30 bits per heavy atom. The van der Waals surface area contributed by atoms with Gasteiger partial charge in [0.1, 0.15) is 0 Å². The smallest absolute Gasteiger partial charge is 0.312 e. The van der Waals surface area contributed by atoms with E-state index in [1.54, 1.807) is 4.90 Å². The van der Waals surface area contributed by atoms with Gasteiger partial charge in [0.05, 0.1) is 6.10 Å². The van der Waals surface area contributed by atoms with Gasteiger partial charge in [0, 0.05) is 37.8 Å². The molecule has 20 heavy (non-hydrogen) atoms. The van der Waals surface area contributed by atoms with E-state index in [4.69, 9.17) is 0 Å². The van der Waals surface area contributed by atoms with Gasteiger partial charge in [-0.15, -0.1) is 0 Å². The second kappa shape index (κ2) is 6.54. The number of nitrogens with one attached hydrogen (secondary N) is 1. The molecule has 0 saturated carbocycles. The van der Waals surface area contributed by atoms with E-state index in [0.29, 0.717) is 19.6 Å². The lowest BCUT2D eigenvalue weighted by atomic mass is 10.1. The van der Waals surface area contributed by atoms with E-state index in [9.17, 15) is 14.7 Å². The zero-order chi connectivity index (χ0) is 15.5. The van der Waals surface area contributed by atoms with Gasteiger partial charge in [-0.2, -0.15) is 0 Å². The molecule has 0 aromatic carbocycles. The van der Waals surface area contributed by atoms with Crippen LogP contribution in [-0.2, 0) is 9.59 Å². The summed E-state index contributed by atoms with van der Waals surface area (Å²) in [5.74, 6) is -0.984. The molecule has 1 atom stereocenters. The molecule has 0 aromatic heterocycles. The molecule has 1 saturated heterocycles. The molecule has 2 N–H and O–H groups in total. The lowest BCUT2D eigenvalue weighted by Gasteiger charge is -2.37. The molecule has 0 spiro atoms. The maximum Gasteiger partial charge on any atom is 0.312 e. The SMILES string of the molecule is CC(C)N1CCN(CC(O)CNC(C)(C)C)C(=O)C1=O. The maximum atomic E-state index is 12.0.